The van der Waals surface area contributed by atoms with E-state index in [0.29, 0.717) is 31.5 Å². The van der Waals surface area contributed by atoms with Gasteiger partial charge in [0.1, 0.15) is 0 Å². The Hall–Kier alpha value is -3.67. The largest absolute Gasteiger partial charge is 0.380 e. The van der Waals surface area contributed by atoms with Gasteiger partial charge in [-0.15, -0.1) is 0 Å². The summed E-state index contributed by atoms with van der Waals surface area (Å²) in [6.45, 7) is 6.48. The molecule has 1 aliphatic rings. The predicted octanol–water partition coefficient (Wildman–Crippen LogP) is 3.22. The minimum absolute atomic E-state index is 0.0892. The quantitative estimate of drug-likeness (QED) is 0.182. The lowest BCUT2D eigenvalue weighted by atomic mass is 10.0. The summed E-state index contributed by atoms with van der Waals surface area (Å²) in [5, 5.41) is 13.9. The molecule has 0 radical (unpaired) electrons. The van der Waals surface area contributed by atoms with Crippen molar-refractivity contribution in [2.75, 3.05) is 62.5 Å². The molecule has 0 bridgehead atoms. The summed E-state index contributed by atoms with van der Waals surface area (Å²) < 4.78 is 19.1. The van der Waals surface area contributed by atoms with Gasteiger partial charge in [-0.25, -0.2) is 14.8 Å². The number of ether oxygens (including phenoxy) is 1. The molecule has 3 heterocycles. The number of nitrogens with one attached hydrogen (secondary N) is 4. The molecule has 0 aliphatic carbocycles. The lowest BCUT2D eigenvalue weighted by Gasteiger charge is -2.31. The van der Waals surface area contributed by atoms with E-state index in [4.69, 9.17) is 4.74 Å². The number of benzene rings is 1. The van der Waals surface area contributed by atoms with Gasteiger partial charge in [0.05, 0.1) is 36.6 Å². The van der Waals surface area contributed by atoms with Gasteiger partial charge in [0.2, 0.25) is 5.95 Å². The van der Waals surface area contributed by atoms with Crippen LogP contribution in [0.25, 0.3) is 0 Å². The third kappa shape index (κ3) is 7.41. The molecule has 4 N–H and O–H groups in total. The average Bonchev–Trinajstić information content (AvgIpc) is 2.90. The van der Waals surface area contributed by atoms with Gasteiger partial charge in [0.15, 0.2) is 11.6 Å². The van der Waals surface area contributed by atoms with Crippen molar-refractivity contribution in [2.24, 2.45) is 5.10 Å². The first-order valence-electron chi connectivity index (χ1n) is 12.0. The fourth-order valence-electron chi connectivity index (χ4n) is 3.73. The van der Waals surface area contributed by atoms with Crippen LogP contribution in [0.4, 0.5) is 27.5 Å². The van der Waals surface area contributed by atoms with Crippen LogP contribution in [0.5, 0.6) is 0 Å². The summed E-state index contributed by atoms with van der Waals surface area (Å²) >= 11 is 0. The maximum atomic E-state index is 13.9. The smallest absolute Gasteiger partial charge is 0.245 e. The van der Waals surface area contributed by atoms with Crippen molar-refractivity contribution in [3.05, 3.63) is 65.9 Å². The molecule has 3 aromatic rings. The zero-order chi connectivity index (χ0) is 25.2. The number of pyridine rings is 1. The molecular formula is C25H32FN9O. The molecule has 0 saturated carbocycles. The number of nitrogens with zero attached hydrogens (tertiary/aromatic N) is 5. The Labute approximate surface area is 210 Å². The topological polar surface area (TPSA) is 112 Å². The van der Waals surface area contributed by atoms with E-state index in [0.717, 1.165) is 37.2 Å². The Morgan fingerprint density at radius 1 is 1.17 bits per heavy atom. The van der Waals surface area contributed by atoms with Gasteiger partial charge in [-0.2, -0.15) is 10.1 Å². The molecule has 1 saturated heterocycles. The van der Waals surface area contributed by atoms with Gasteiger partial charge in [-0.1, -0.05) is 12.1 Å². The van der Waals surface area contributed by atoms with E-state index in [-0.39, 0.29) is 11.8 Å². The molecule has 2 aromatic heterocycles. The normalized spacial score (nSPS) is 16.2. The second kappa shape index (κ2) is 12.9. The highest BCUT2D eigenvalue weighted by Gasteiger charge is 2.17. The monoisotopic (exact) mass is 493 g/mol. The Bertz CT molecular complexity index is 1130. The van der Waals surface area contributed by atoms with E-state index in [1.165, 1.54) is 5.56 Å². The van der Waals surface area contributed by atoms with Crippen molar-refractivity contribution in [2.45, 2.75) is 13.0 Å². The number of hydrazone groups is 1. The lowest BCUT2D eigenvalue weighted by Crippen LogP contribution is -2.43. The highest BCUT2D eigenvalue weighted by atomic mass is 19.1. The van der Waals surface area contributed by atoms with Crippen molar-refractivity contribution in [1.29, 1.82) is 0 Å². The Balaban J connectivity index is 1.28. The molecule has 36 heavy (non-hydrogen) atoms. The molecule has 0 amide bonds. The molecule has 0 spiro atoms. The van der Waals surface area contributed by atoms with Crippen LogP contribution in [0.1, 0.15) is 24.2 Å². The maximum absolute atomic E-state index is 13.9. The summed E-state index contributed by atoms with van der Waals surface area (Å²) in [6, 6.07) is 12.6. The SMILES string of the molecule is CCOCCNc1nc(N/N=C/c2ccc(Nc3ccc(C4CN(C)CCN4)cc3)cn2)ncc1F. The van der Waals surface area contributed by atoms with Crippen LogP contribution in [0.3, 0.4) is 0 Å². The molecule has 1 unspecified atom stereocenters. The third-order valence-corrected chi connectivity index (χ3v) is 5.62. The van der Waals surface area contributed by atoms with Crippen molar-refractivity contribution in [3.8, 4) is 0 Å². The number of hydrogen-bond acceptors (Lipinski definition) is 10. The van der Waals surface area contributed by atoms with Crippen molar-refractivity contribution < 1.29 is 9.13 Å². The van der Waals surface area contributed by atoms with Crippen molar-refractivity contribution >= 4 is 29.4 Å². The summed E-state index contributed by atoms with van der Waals surface area (Å²) in [5.74, 6) is -0.284. The van der Waals surface area contributed by atoms with Gasteiger partial charge < -0.3 is 25.6 Å². The van der Waals surface area contributed by atoms with Gasteiger partial charge in [0, 0.05) is 44.5 Å². The van der Waals surface area contributed by atoms with Gasteiger partial charge in [0.25, 0.3) is 0 Å². The summed E-state index contributed by atoms with van der Waals surface area (Å²) in [5.41, 5.74) is 6.49. The highest BCUT2D eigenvalue weighted by Crippen LogP contribution is 2.21. The number of anilines is 4. The number of hydrogen-bond donors (Lipinski definition) is 4. The summed E-state index contributed by atoms with van der Waals surface area (Å²) in [4.78, 5) is 14.7. The molecule has 4 rings (SSSR count). The van der Waals surface area contributed by atoms with E-state index in [2.05, 4.69) is 77.6 Å². The third-order valence-electron chi connectivity index (χ3n) is 5.62. The molecule has 1 fully saturated rings. The van der Waals surface area contributed by atoms with Crippen LogP contribution >= 0.6 is 0 Å². The van der Waals surface area contributed by atoms with E-state index < -0.39 is 5.82 Å². The molecule has 10 nitrogen and oxygen atoms in total. The molecule has 1 aliphatic heterocycles. The van der Waals surface area contributed by atoms with Crippen LogP contribution in [0.2, 0.25) is 0 Å². The van der Waals surface area contributed by atoms with Gasteiger partial charge in [-0.3, -0.25) is 4.98 Å². The van der Waals surface area contributed by atoms with Crippen LogP contribution in [0, 0.1) is 5.82 Å². The molecule has 1 aromatic carbocycles. The zero-order valence-corrected chi connectivity index (χ0v) is 20.5. The number of halogens is 1. The first-order valence-corrected chi connectivity index (χ1v) is 12.0. The first kappa shape index (κ1) is 25.4. The minimum Gasteiger partial charge on any atom is -0.380 e. The van der Waals surface area contributed by atoms with Crippen molar-refractivity contribution in [1.82, 2.24) is 25.2 Å². The number of rotatable bonds is 11. The summed E-state index contributed by atoms with van der Waals surface area (Å²) in [6.07, 6.45) is 4.37. The standard InChI is InChI=1S/C25H32FN9O/c1-3-36-13-11-28-24-22(26)16-30-25(33-24)34-31-15-20-8-9-21(14-29-20)32-19-6-4-18(5-7-19)23-17-35(2)12-10-27-23/h4-9,14-16,23,27,32H,3,10-13,17H2,1-2H3,(H2,28,30,33,34)/b31-15+. The molecule has 190 valence electrons. The fraction of sp³-hybridized carbons (Fsp3) is 0.360. The van der Waals surface area contributed by atoms with E-state index in [1.54, 1.807) is 12.4 Å². The van der Waals surface area contributed by atoms with E-state index >= 15 is 0 Å². The summed E-state index contributed by atoms with van der Waals surface area (Å²) in [7, 11) is 2.15. The Morgan fingerprint density at radius 2 is 2.00 bits per heavy atom. The van der Waals surface area contributed by atoms with Crippen LogP contribution < -0.4 is 21.4 Å². The molecule has 1 atom stereocenters. The van der Waals surface area contributed by atoms with E-state index in [1.807, 2.05) is 19.1 Å². The van der Waals surface area contributed by atoms with Gasteiger partial charge >= 0.3 is 0 Å². The minimum atomic E-state index is -0.543. The fourth-order valence-corrected chi connectivity index (χ4v) is 3.73. The molecule has 11 heteroatoms. The highest BCUT2D eigenvalue weighted by molar-refractivity contribution is 5.78. The average molecular weight is 494 g/mol. The van der Waals surface area contributed by atoms with Crippen LogP contribution in [-0.2, 0) is 4.74 Å². The number of piperazine rings is 1. The Kier molecular flexibility index (Phi) is 9.09. The lowest BCUT2D eigenvalue weighted by molar-refractivity contribution is 0.158. The second-order valence-electron chi connectivity index (χ2n) is 8.37. The molecular weight excluding hydrogens is 461 g/mol. The van der Waals surface area contributed by atoms with Crippen LogP contribution in [0.15, 0.2) is 53.9 Å². The second-order valence-corrected chi connectivity index (χ2v) is 8.37. The number of likely N-dealkylation sites (N-methyl/N-ethyl adjacent to an activating group) is 1. The zero-order valence-electron chi connectivity index (χ0n) is 20.5. The Morgan fingerprint density at radius 3 is 2.75 bits per heavy atom. The number of aromatic nitrogens is 3. The maximum Gasteiger partial charge on any atom is 0.245 e. The van der Waals surface area contributed by atoms with Crippen molar-refractivity contribution in [3.63, 3.8) is 0 Å². The van der Waals surface area contributed by atoms with E-state index in [9.17, 15) is 4.39 Å². The van der Waals surface area contributed by atoms with Gasteiger partial charge in [-0.05, 0) is 43.8 Å². The van der Waals surface area contributed by atoms with Crippen LogP contribution in [-0.4, -0.2) is 72.5 Å². The first-order chi connectivity index (χ1) is 17.6. The predicted molar refractivity (Wildman–Crippen MR) is 140 cm³/mol.